The largest absolute Gasteiger partial charge is 0.289 e. The van der Waals surface area contributed by atoms with E-state index in [0.29, 0.717) is 16.2 Å². The van der Waals surface area contributed by atoms with Crippen molar-refractivity contribution in [1.29, 1.82) is 0 Å². The molecule has 0 unspecified atom stereocenters. The lowest BCUT2D eigenvalue weighted by Gasteiger charge is -2.31. The summed E-state index contributed by atoms with van der Waals surface area (Å²) in [5, 5.41) is 0.593. The van der Waals surface area contributed by atoms with E-state index in [1.54, 1.807) is 17.8 Å². The van der Waals surface area contributed by atoms with Gasteiger partial charge in [0.25, 0.3) is 0 Å². The summed E-state index contributed by atoms with van der Waals surface area (Å²) >= 11 is 7.53. The molecule has 1 heterocycles. The van der Waals surface area contributed by atoms with Gasteiger partial charge in [-0.25, -0.2) is 0 Å². The summed E-state index contributed by atoms with van der Waals surface area (Å²) in [7, 11) is 0. The molecule has 0 atom stereocenters. The molecule has 0 saturated heterocycles. The predicted molar refractivity (Wildman–Crippen MR) is 64.9 cm³/mol. The molecule has 1 aliphatic rings. The fourth-order valence-electron chi connectivity index (χ4n) is 1.54. The zero-order valence-corrected chi connectivity index (χ0v) is 10.2. The third kappa shape index (κ3) is 1.72. The molecule has 0 radical (unpaired) electrons. The first-order chi connectivity index (χ1) is 6.92. The van der Waals surface area contributed by atoms with Crippen LogP contribution < -0.4 is 0 Å². The van der Waals surface area contributed by atoms with E-state index in [-0.39, 0.29) is 10.5 Å². The normalized spacial score (nSPS) is 18.9. The van der Waals surface area contributed by atoms with E-state index < -0.39 is 0 Å². The molecule has 0 bridgehead atoms. The van der Waals surface area contributed by atoms with Gasteiger partial charge in [-0.1, -0.05) is 18.2 Å². The van der Waals surface area contributed by atoms with Crippen LogP contribution in [0.5, 0.6) is 0 Å². The van der Waals surface area contributed by atoms with Crippen LogP contribution in [0.2, 0.25) is 5.02 Å². The highest BCUT2D eigenvalue weighted by atomic mass is 35.5. The summed E-state index contributed by atoms with van der Waals surface area (Å²) in [4.78, 5) is 13.0. The highest BCUT2D eigenvalue weighted by Crippen LogP contribution is 2.45. The first kappa shape index (κ1) is 10.8. The number of fused-ring (bicyclic) bond motifs is 1. The van der Waals surface area contributed by atoms with Crippen LogP contribution in [-0.4, -0.2) is 10.5 Å². The number of hydrogen-bond acceptors (Lipinski definition) is 2. The van der Waals surface area contributed by atoms with Crippen LogP contribution in [0.3, 0.4) is 0 Å². The van der Waals surface area contributed by atoms with Gasteiger partial charge in [0.05, 0.1) is 0 Å². The van der Waals surface area contributed by atoms with Gasteiger partial charge in [0, 0.05) is 25.8 Å². The molecule has 0 amide bonds. The second-order valence-electron chi connectivity index (χ2n) is 4.06. The monoisotopic (exact) mass is 238 g/mol. The number of ketones is 1. The summed E-state index contributed by atoms with van der Waals surface area (Å²) in [6, 6.07) is 5.42. The molecule has 1 aromatic carbocycles. The van der Waals surface area contributed by atoms with Gasteiger partial charge in [-0.15, -0.1) is 11.8 Å². The molecule has 1 aromatic rings. The number of carbonyl (C=O) groups excluding carboxylic acids is 1. The third-order valence-electron chi connectivity index (χ3n) is 2.55. The molecule has 3 heteroatoms. The Morgan fingerprint density at radius 3 is 2.73 bits per heavy atom. The van der Waals surface area contributed by atoms with Gasteiger partial charge >= 0.3 is 0 Å². The van der Waals surface area contributed by atoms with E-state index in [1.165, 1.54) is 0 Å². The Morgan fingerprint density at radius 2 is 2.07 bits per heavy atom. The molecule has 0 aliphatic carbocycles. The van der Waals surface area contributed by atoms with E-state index in [4.69, 9.17) is 11.6 Å². The number of thioether (sulfide) groups is 1. The van der Waals surface area contributed by atoms with Gasteiger partial charge in [0.1, 0.15) is 0 Å². The van der Waals surface area contributed by atoms with E-state index in [9.17, 15) is 4.79 Å². The molecule has 0 spiro atoms. The Hall–Kier alpha value is -0.730. The lowest BCUT2D eigenvalue weighted by atomic mass is 9.94. The minimum atomic E-state index is -0.224. The molecule has 78 valence electrons. The standard InChI is InChI=1S/C12H11ClOS/c1-7-11(14)9-6-8(13)4-5-10(9)15-12(7,2)3/h4-6H,1H2,2-3H3. The fourth-order valence-corrected chi connectivity index (χ4v) is 2.88. The van der Waals surface area contributed by atoms with Crippen LogP contribution in [0.1, 0.15) is 24.2 Å². The van der Waals surface area contributed by atoms with Crippen molar-refractivity contribution < 1.29 is 4.79 Å². The molecule has 1 aliphatic heterocycles. The van der Waals surface area contributed by atoms with E-state index >= 15 is 0 Å². The molecular formula is C12H11ClOS. The second kappa shape index (κ2) is 3.39. The summed E-state index contributed by atoms with van der Waals surface area (Å²) in [5.41, 5.74) is 1.32. The molecule has 0 fully saturated rings. The van der Waals surface area contributed by atoms with Crippen LogP contribution in [-0.2, 0) is 0 Å². The predicted octanol–water partition coefficient (Wildman–Crippen LogP) is 3.96. The number of halogens is 1. The zero-order valence-electron chi connectivity index (χ0n) is 8.63. The van der Waals surface area contributed by atoms with Crippen molar-refractivity contribution in [2.75, 3.05) is 0 Å². The minimum Gasteiger partial charge on any atom is -0.289 e. The molecule has 0 aromatic heterocycles. The Morgan fingerprint density at radius 1 is 1.40 bits per heavy atom. The van der Waals surface area contributed by atoms with Gasteiger partial charge in [-0.2, -0.15) is 0 Å². The average molecular weight is 239 g/mol. The Balaban J connectivity index is 2.60. The van der Waals surface area contributed by atoms with Crippen molar-refractivity contribution in [1.82, 2.24) is 0 Å². The fraction of sp³-hybridized carbons (Fsp3) is 0.250. The summed E-state index contributed by atoms with van der Waals surface area (Å²) in [6.07, 6.45) is 0. The van der Waals surface area contributed by atoms with E-state index in [1.807, 2.05) is 26.0 Å². The van der Waals surface area contributed by atoms with Gasteiger partial charge in [-0.3, -0.25) is 4.79 Å². The Bertz CT molecular complexity index is 463. The minimum absolute atomic E-state index is 0.0104. The molecule has 2 rings (SSSR count). The molecule has 15 heavy (non-hydrogen) atoms. The highest BCUT2D eigenvalue weighted by molar-refractivity contribution is 8.01. The Labute approximate surface area is 98.5 Å². The number of rotatable bonds is 0. The Kier molecular flexibility index (Phi) is 2.44. The lowest BCUT2D eigenvalue weighted by Crippen LogP contribution is -2.28. The first-order valence-corrected chi connectivity index (χ1v) is 5.84. The van der Waals surface area contributed by atoms with Gasteiger partial charge in [0.15, 0.2) is 5.78 Å². The smallest absolute Gasteiger partial charge is 0.190 e. The van der Waals surface area contributed by atoms with Crippen molar-refractivity contribution in [3.63, 3.8) is 0 Å². The van der Waals surface area contributed by atoms with Crippen molar-refractivity contribution in [3.05, 3.63) is 40.9 Å². The average Bonchev–Trinajstić information content (AvgIpc) is 2.16. The quantitative estimate of drug-likeness (QED) is 0.637. The van der Waals surface area contributed by atoms with E-state index in [0.717, 1.165) is 4.90 Å². The van der Waals surface area contributed by atoms with Crippen LogP contribution in [0.4, 0.5) is 0 Å². The van der Waals surface area contributed by atoms with Crippen molar-refractivity contribution in [3.8, 4) is 0 Å². The van der Waals surface area contributed by atoms with Gasteiger partial charge in [0.2, 0.25) is 0 Å². The maximum atomic E-state index is 12.0. The topological polar surface area (TPSA) is 17.1 Å². The number of hydrogen-bond donors (Lipinski definition) is 0. The number of carbonyl (C=O) groups is 1. The number of benzene rings is 1. The molecule has 1 nitrogen and oxygen atoms in total. The molecule has 0 saturated carbocycles. The maximum Gasteiger partial charge on any atom is 0.190 e. The third-order valence-corrected chi connectivity index (χ3v) is 4.12. The van der Waals surface area contributed by atoms with Crippen molar-refractivity contribution in [2.24, 2.45) is 0 Å². The van der Waals surface area contributed by atoms with Gasteiger partial charge in [-0.05, 0) is 32.0 Å². The zero-order chi connectivity index (χ0) is 11.2. The second-order valence-corrected chi connectivity index (χ2v) is 6.16. The van der Waals surface area contributed by atoms with Crippen LogP contribution in [0.15, 0.2) is 35.2 Å². The van der Waals surface area contributed by atoms with Crippen LogP contribution in [0.25, 0.3) is 0 Å². The first-order valence-electron chi connectivity index (χ1n) is 4.64. The highest BCUT2D eigenvalue weighted by Gasteiger charge is 2.35. The molecular weight excluding hydrogens is 228 g/mol. The van der Waals surface area contributed by atoms with Crippen LogP contribution in [0, 0.1) is 0 Å². The van der Waals surface area contributed by atoms with Crippen molar-refractivity contribution >= 4 is 29.1 Å². The SMILES string of the molecule is C=C1C(=O)c2cc(Cl)ccc2SC1(C)C. The maximum absolute atomic E-state index is 12.0. The summed E-state index contributed by atoms with van der Waals surface area (Å²) in [5.74, 6) is 0.0104. The van der Waals surface area contributed by atoms with E-state index in [2.05, 4.69) is 6.58 Å². The van der Waals surface area contributed by atoms with Crippen molar-refractivity contribution in [2.45, 2.75) is 23.5 Å². The number of Topliss-reactive ketones (excluding diaryl/α,β-unsaturated/α-hetero) is 1. The molecule has 0 N–H and O–H groups in total. The lowest BCUT2D eigenvalue weighted by molar-refractivity contribution is 0.102. The summed E-state index contributed by atoms with van der Waals surface area (Å²) in [6.45, 7) is 7.88. The van der Waals surface area contributed by atoms with Crippen LogP contribution >= 0.6 is 23.4 Å². The summed E-state index contributed by atoms with van der Waals surface area (Å²) < 4.78 is -0.224. The van der Waals surface area contributed by atoms with Gasteiger partial charge < -0.3 is 0 Å².